The highest BCUT2D eigenvalue weighted by molar-refractivity contribution is 7.12. The summed E-state index contributed by atoms with van der Waals surface area (Å²) >= 11 is 0.943. The Balaban J connectivity index is 1.87. The SMILES string of the molecule is O=C(CNC(=O)c1sccc1OC(F)F)Nc1cccnc1. The molecular formula is C13H11F2N3O3S. The summed E-state index contributed by atoms with van der Waals surface area (Å²) in [5.41, 5.74) is 0.486. The zero-order chi connectivity index (χ0) is 15.9. The number of halogens is 2. The second-order valence-electron chi connectivity index (χ2n) is 3.97. The Kier molecular flexibility index (Phi) is 5.37. The number of aromatic nitrogens is 1. The van der Waals surface area contributed by atoms with E-state index in [1.54, 1.807) is 18.3 Å². The van der Waals surface area contributed by atoms with Gasteiger partial charge in [-0.15, -0.1) is 11.3 Å². The average Bonchev–Trinajstić information content (AvgIpc) is 2.93. The number of nitrogens with zero attached hydrogens (tertiary/aromatic N) is 1. The summed E-state index contributed by atoms with van der Waals surface area (Å²) in [6.07, 6.45) is 3.01. The second-order valence-corrected chi connectivity index (χ2v) is 4.88. The molecule has 0 fully saturated rings. The van der Waals surface area contributed by atoms with E-state index in [1.807, 2.05) is 0 Å². The average molecular weight is 327 g/mol. The minimum absolute atomic E-state index is 0.0190. The van der Waals surface area contributed by atoms with Crippen LogP contribution >= 0.6 is 11.3 Å². The highest BCUT2D eigenvalue weighted by Gasteiger charge is 2.18. The molecule has 0 aliphatic heterocycles. The van der Waals surface area contributed by atoms with Gasteiger partial charge in [-0.1, -0.05) is 0 Å². The van der Waals surface area contributed by atoms with Gasteiger partial charge < -0.3 is 15.4 Å². The van der Waals surface area contributed by atoms with Gasteiger partial charge in [-0.3, -0.25) is 14.6 Å². The zero-order valence-electron chi connectivity index (χ0n) is 11.1. The van der Waals surface area contributed by atoms with Crippen molar-refractivity contribution < 1.29 is 23.1 Å². The topological polar surface area (TPSA) is 80.3 Å². The van der Waals surface area contributed by atoms with Crippen LogP contribution in [-0.4, -0.2) is 30.0 Å². The Labute approximate surface area is 128 Å². The number of alkyl halides is 2. The number of pyridine rings is 1. The van der Waals surface area contributed by atoms with Crippen molar-refractivity contribution in [2.45, 2.75) is 6.61 Å². The Hall–Kier alpha value is -2.55. The van der Waals surface area contributed by atoms with Crippen molar-refractivity contribution in [3.8, 4) is 5.75 Å². The maximum absolute atomic E-state index is 12.2. The van der Waals surface area contributed by atoms with Crippen LogP contribution < -0.4 is 15.4 Å². The molecule has 2 heterocycles. The third-order valence-corrected chi connectivity index (χ3v) is 3.30. The van der Waals surface area contributed by atoms with Crippen LogP contribution in [0.15, 0.2) is 36.0 Å². The highest BCUT2D eigenvalue weighted by Crippen LogP contribution is 2.26. The minimum Gasteiger partial charge on any atom is -0.433 e. The van der Waals surface area contributed by atoms with Crippen LogP contribution in [0.4, 0.5) is 14.5 Å². The summed E-state index contributed by atoms with van der Waals surface area (Å²) in [5.74, 6) is -1.34. The smallest absolute Gasteiger partial charge is 0.387 e. The number of hydrogen-bond donors (Lipinski definition) is 2. The van der Waals surface area contributed by atoms with Crippen molar-refractivity contribution in [2.75, 3.05) is 11.9 Å². The normalized spacial score (nSPS) is 10.3. The Morgan fingerprint density at radius 1 is 1.36 bits per heavy atom. The fourth-order valence-corrected chi connectivity index (χ4v) is 2.27. The summed E-state index contributed by atoms with van der Waals surface area (Å²) in [5, 5.41) is 6.31. The number of carbonyl (C=O) groups excluding carboxylic acids is 2. The number of amides is 2. The lowest BCUT2D eigenvalue weighted by atomic mass is 10.4. The van der Waals surface area contributed by atoms with Gasteiger partial charge in [0.2, 0.25) is 5.91 Å². The lowest BCUT2D eigenvalue weighted by molar-refractivity contribution is -0.115. The standard InChI is InChI=1S/C13H11F2N3O3S/c14-13(15)21-9-3-5-22-11(9)12(20)17-7-10(19)18-8-2-1-4-16-6-8/h1-6,13H,7H2,(H,17,20)(H,18,19). The molecule has 2 N–H and O–H groups in total. The molecule has 0 atom stereocenters. The van der Waals surface area contributed by atoms with E-state index in [-0.39, 0.29) is 17.2 Å². The van der Waals surface area contributed by atoms with Gasteiger partial charge in [-0.05, 0) is 23.6 Å². The molecule has 2 aromatic rings. The number of anilines is 1. The summed E-state index contributed by atoms with van der Waals surface area (Å²) in [7, 11) is 0. The van der Waals surface area contributed by atoms with Crippen LogP contribution in [0, 0.1) is 0 Å². The van der Waals surface area contributed by atoms with Gasteiger partial charge in [-0.25, -0.2) is 0 Å². The predicted octanol–water partition coefficient (Wildman–Crippen LogP) is 2.11. The van der Waals surface area contributed by atoms with E-state index in [9.17, 15) is 18.4 Å². The maximum Gasteiger partial charge on any atom is 0.387 e. The van der Waals surface area contributed by atoms with Gasteiger partial charge in [0, 0.05) is 6.20 Å². The third kappa shape index (κ3) is 4.48. The van der Waals surface area contributed by atoms with Gasteiger partial charge in [0.15, 0.2) is 0 Å². The van der Waals surface area contributed by atoms with Crippen molar-refractivity contribution in [1.82, 2.24) is 10.3 Å². The molecule has 0 bridgehead atoms. The van der Waals surface area contributed by atoms with Crippen molar-refractivity contribution in [1.29, 1.82) is 0 Å². The van der Waals surface area contributed by atoms with Crippen molar-refractivity contribution in [3.05, 3.63) is 40.8 Å². The van der Waals surface area contributed by atoms with Crippen LogP contribution in [0.3, 0.4) is 0 Å². The lowest BCUT2D eigenvalue weighted by Gasteiger charge is -2.07. The molecule has 0 aliphatic carbocycles. The number of thiophene rings is 1. The Morgan fingerprint density at radius 2 is 2.18 bits per heavy atom. The fraction of sp³-hybridized carbons (Fsp3) is 0.154. The van der Waals surface area contributed by atoms with E-state index in [0.717, 1.165) is 11.3 Å². The first-order chi connectivity index (χ1) is 10.6. The molecule has 0 aliphatic rings. The maximum atomic E-state index is 12.2. The van der Waals surface area contributed by atoms with Gasteiger partial charge >= 0.3 is 6.61 Å². The van der Waals surface area contributed by atoms with E-state index in [0.29, 0.717) is 5.69 Å². The molecule has 2 rings (SSSR count). The van der Waals surface area contributed by atoms with Crippen LogP contribution in [0.2, 0.25) is 0 Å². The van der Waals surface area contributed by atoms with E-state index in [2.05, 4.69) is 20.4 Å². The second kappa shape index (κ2) is 7.46. The van der Waals surface area contributed by atoms with E-state index in [4.69, 9.17) is 0 Å². The molecule has 116 valence electrons. The van der Waals surface area contributed by atoms with Gasteiger partial charge in [0.05, 0.1) is 18.4 Å². The van der Waals surface area contributed by atoms with Crippen molar-refractivity contribution in [2.24, 2.45) is 0 Å². The molecule has 0 aromatic carbocycles. The van der Waals surface area contributed by atoms with Crippen molar-refractivity contribution in [3.63, 3.8) is 0 Å². The Bertz CT molecular complexity index is 649. The number of nitrogens with one attached hydrogen (secondary N) is 2. The highest BCUT2D eigenvalue weighted by atomic mass is 32.1. The van der Waals surface area contributed by atoms with Gasteiger partial charge in [0.25, 0.3) is 5.91 Å². The number of ether oxygens (including phenoxy) is 1. The van der Waals surface area contributed by atoms with Gasteiger partial charge in [-0.2, -0.15) is 8.78 Å². The van der Waals surface area contributed by atoms with Crippen LogP contribution in [0.5, 0.6) is 5.75 Å². The lowest BCUT2D eigenvalue weighted by Crippen LogP contribution is -2.32. The fourth-order valence-electron chi connectivity index (χ4n) is 1.53. The number of carbonyl (C=O) groups is 2. The predicted molar refractivity (Wildman–Crippen MR) is 76.2 cm³/mol. The molecule has 22 heavy (non-hydrogen) atoms. The number of hydrogen-bond acceptors (Lipinski definition) is 5. The van der Waals surface area contributed by atoms with Gasteiger partial charge in [0.1, 0.15) is 10.6 Å². The van der Waals surface area contributed by atoms with Crippen LogP contribution in [-0.2, 0) is 4.79 Å². The van der Waals surface area contributed by atoms with Crippen molar-refractivity contribution >= 4 is 28.8 Å². The van der Waals surface area contributed by atoms with E-state index in [1.165, 1.54) is 17.6 Å². The molecular weight excluding hydrogens is 316 g/mol. The quantitative estimate of drug-likeness (QED) is 0.851. The Morgan fingerprint density at radius 3 is 2.86 bits per heavy atom. The van der Waals surface area contributed by atoms with E-state index < -0.39 is 18.4 Å². The summed E-state index contributed by atoms with van der Waals surface area (Å²) in [4.78, 5) is 27.3. The molecule has 2 amide bonds. The minimum atomic E-state index is -3.02. The van der Waals surface area contributed by atoms with Crippen LogP contribution in [0.1, 0.15) is 9.67 Å². The zero-order valence-corrected chi connectivity index (χ0v) is 11.9. The molecule has 9 heteroatoms. The first-order valence-electron chi connectivity index (χ1n) is 6.06. The molecule has 0 saturated heterocycles. The molecule has 6 nitrogen and oxygen atoms in total. The monoisotopic (exact) mass is 327 g/mol. The largest absolute Gasteiger partial charge is 0.433 e. The third-order valence-electron chi connectivity index (χ3n) is 2.41. The molecule has 0 saturated carbocycles. The summed E-state index contributed by atoms with van der Waals surface area (Å²) in [6.45, 7) is -3.32. The molecule has 2 aromatic heterocycles. The first kappa shape index (κ1) is 15.8. The van der Waals surface area contributed by atoms with Crippen LogP contribution in [0.25, 0.3) is 0 Å². The molecule has 0 radical (unpaired) electrons. The first-order valence-corrected chi connectivity index (χ1v) is 6.94. The summed E-state index contributed by atoms with van der Waals surface area (Å²) < 4.78 is 28.6. The summed E-state index contributed by atoms with van der Waals surface area (Å²) in [6, 6.07) is 4.55. The van der Waals surface area contributed by atoms with E-state index >= 15 is 0 Å². The molecule has 0 unspecified atom stereocenters. The molecule has 0 spiro atoms. The number of rotatable bonds is 6.